The molecule has 0 radical (unpaired) electrons. The van der Waals surface area contributed by atoms with Crippen molar-refractivity contribution in [2.45, 2.75) is 76.3 Å². The first-order valence-corrected chi connectivity index (χ1v) is 9.86. The summed E-state index contributed by atoms with van der Waals surface area (Å²) in [5.74, 6) is -7.08. The van der Waals surface area contributed by atoms with Crippen molar-refractivity contribution in [1.29, 1.82) is 0 Å². The Kier molecular flexibility index (Phi) is 8.19. The lowest BCUT2D eigenvalue weighted by molar-refractivity contribution is -0.0901. The molecule has 0 N–H and O–H groups in total. The number of rotatable bonds is 3. The minimum absolute atomic E-state index is 0.0587. The molecule has 2 fully saturated rings. The molecular formula is C21H27F7. The highest BCUT2D eigenvalue weighted by Crippen LogP contribution is 2.38. The molecule has 3 rings (SSSR count). The van der Waals surface area contributed by atoms with E-state index >= 15 is 0 Å². The lowest BCUT2D eigenvalue weighted by Crippen LogP contribution is -2.33. The van der Waals surface area contributed by atoms with Crippen molar-refractivity contribution in [2.24, 2.45) is 11.8 Å². The number of hydrogen-bond acceptors (Lipinski definition) is 0. The van der Waals surface area contributed by atoms with Crippen molar-refractivity contribution in [3.63, 3.8) is 0 Å². The number of halogens is 7. The van der Waals surface area contributed by atoms with Crippen LogP contribution in [0.5, 0.6) is 0 Å². The van der Waals surface area contributed by atoms with Gasteiger partial charge >= 0.3 is 0 Å². The number of hydrogen-bond donors (Lipinski definition) is 0. The van der Waals surface area contributed by atoms with Gasteiger partial charge in [-0.25, -0.2) is 30.7 Å². The van der Waals surface area contributed by atoms with E-state index in [0.717, 1.165) is 25.0 Å². The predicted molar refractivity (Wildman–Crippen MR) is 94.5 cm³/mol. The zero-order chi connectivity index (χ0) is 20.9. The number of alkyl halides is 4. The SMILES string of the molecule is CC1CCC(C(F)(F)CF)CC1.Fc1cc(C2CCC(F)CC2)cc(F)c1F. The van der Waals surface area contributed by atoms with Gasteiger partial charge < -0.3 is 0 Å². The van der Waals surface area contributed by atoms with E-state index < -0.39 is 42.1 Å². The fourth-order valence-corrected chi connectivity index (χ4v) is 3.99. The second kappa shape index (κ2) is 9.97. The molecule has 0 nitrogen and oxygen atoms in total. The van der Waals surface area contributed by atoms with Crippen LogP contribution in [-0.2, 0) is 0 Å². The molecule has 0 unspecified atom stereocenters. The first kappa shape index (κ1) is 23.0. The molecule has 2 aliphatic rings. The van der Waals surface area contributed by atoms with Gasteiger partial charge in [-0.2, -0.15) is 0 Å². The molecule has 1 aromatic carbocycles. The van der Waals surface area contributed by atoms with Crippen LogP contribution in [0.25, 0.3) is 0 Å². The zero-order valence-corrected chi connectivity index (χ0v) is 16.0. The standard InChI is InChI=1S/C12H12F4.C9H15F3/c13-9-3-1-7(2-4-9)8-5-10(14)12(16)11(15)6-8;1-7-2-4-8(5-3-7)9(11,12)6-10/h5-7,9H,1-4H2;7-8H,2-6H2,1H3. The average molecular weight is 412 g/mol. The Morgan fingerprint density at radius 3 is 1.82 bits per heavy atom. The molecule has 0 amide bonds. The highest BCUT2D eigenvalue weighted by atomic mass is 19.3. The molecule has 28 heavy (non-hydrogen) atoms. The van der Waals surface area contributed by atoms with E-state index in [9.17, 15) is 30.7 Å². The van der Waals surface area contributed by atoms with Crippen molar-refractivity contribution >= 4 is 0 Å². The van der Waals surface area contributed by atoms with Gasteiger partial charge in [0, 0.05) is 5.92 Å². The summed E-state index contributed by atoms with van der Waals surface area (Å²) in [6.07, 6.45) is 3.73. The van der Waals surface area contributed by atoms with Crippen LogP contribution < -0.4 is 0 Å². The predicted octanol–water partition coefficient (Wildman–Crippen LogP) is 7.52. The lowest BCUT2D eigenvalue weighted by atomic mass is 9.80. The Balaban J connectivity index is 0.000000209. The molecule has 0 heterocycles. The second-order valence-corrected chi connectivity index (χ2v) is 8.10. The van der Waals surface area contributed by atoms with Crippen LogP contribution in [0.3, 0.4) is 0 Å². The van der Waals surface area contributed by atoms with Crippen molar-refractivity contribution in [2.75, 3.05) is 6.67 Å². The summed E-state index contributed by atoms with van der Waals surface area (Å²) in [5.41, 5.74) is 0.434. The summed E-state index contributed by atoms with van der Waals surface area (Å²) < 4.78 is 89.1. The van der Waals surface area contributed by atoms with Gasteiger partial charge in [0.1, 0.15) is 6.17 Å². The molecule has 2 aliphatic carbocycles. The topological polar surface area (TPSA) is 0 Å². The van der Waals surface area contributed by atoms with E-state index in [1.807, 2.05) is 0 Å². The van der Waals surface area contributed by atoms with Crippen LogP contribution in [0.2, 0.25) is 0 Å². The zero-order valence-electron chi connectivity index (χ0n) is 16.0. The lowest BCUT2D eigenvalue weighted by Gasteiger charge is -2.30. The molecule has 0 aromatic heterocycles. The Bertz CT molecular complexity index is 592. The van der Waals surface area contributed by atoms with Gasteiger partial charge in [0.25, 0.3) is 5.92 Å². The summed E-state index contributed by atoms with van der Waals surface area (Å²) in [7, 11) is 0. The van der Waals surface area contributed by atoms with Crippen molar-refractivity contribution in [3.8, 4) is 0 Å². The monoisotopic (exact) mass is 412 g/mol. The van der Waals surface area contributed by atoms with Gasteiger partial charge in [-0.05, 0) is 68.1 Å². The Morgan fingerprint density at radius 1 is 0.857 bits per heavy atom. The molecule has 160 valence electrons. The van der Waals surface area contributed by atoms with Crippen LogP contribution >= 0.6 is 0 Å². The Morgan fingerprint density at radius 2 is 1.36 bits per heavy atom. The van der Waals surface area contributed by atoms with E-state index in [1.54, 1.807) is 0 Å². The molecule has 1 aromatic rings. The summed E-state index contributed by atoms with van der Waals surface area (Å²) in [6.45, 7) is 0.565. The van der Waals surface area contributed by atoms with E-state index in [0.29, 0.717) is 50.0 Å². The summed E-state index contributed by atoms with van der Waals surface area (Å²) in [6, 6.07) is 2.03. The van der Waals surface area contributed by atoms with Crippen molar-refractivity contribution in [1.82, 2.24) is 0 Å². The summed E-state index contributed by atoms with van der Waals surface area (Å²) in [4.78, 5) is 0. The first-order chi connectivity index (χ1) is 13.1. The largest absolute Gasteiger partial charge is 0.278 e. The maximum absolute atomic E-state index is 13.0. The third-order valence-electron chi connectivity index (χ3n) is 5.93. The van der Waals surface area contributed by atoms with E-state index in [-0.39, 0.29) is 5.92 Å². The summed E-state index contributed by atoms with van der Waals surface area (Å²) >= 11 is 0. The van der Waals surface area contributed by atoms with Crippen molar-refractivity contribution in [3.05, 3.63) is 35.1 Å². The third kappa shape index (κ3) is 6.11. The van der Waals surface area contributed by atoms with Crippen LogP contribution in [0.1, 0.15) is 69.8 Å². The molecule has 7 heteroatoms. The fourth-order valence-electron chi connectivity index (χ4n) is 3.99. The molecule has 0 atom stereocenters. The van der Waals surface area contributed by atoms with Gasteiger partial charge in [0.15, 0.2) is 24.1 Å². The molecule has 0 bridgehead atoms. The van der Waals surface area contributed by atoms with Gasteiger partial charge in [-0.15, -0.1) is 0 Å². The Hall–Kier alpha value is -1.27. The maximum Gasteiger partial charge on any atom is 0.278 e. The maximum atomic E-state index is 13.0. The van der Waals surface area contributed by atoms with E-state index in [2.05, 4.69) is 6.92 Å². The minimum Gasteiger partial charge on any atom is -0.247 e. The highest BCUT2D eigenvalue weighted by molar-refractivity contribution is 5.23. The van der Waals surface area contributed by atoms with Gasteiger partial charge in [-0.3, -0.25) is 0 Å². The fraction of sp³-hybridized carbons (Fsp3) is 0.714. The van der Waals surface area contributed by atoms with Crippen LogP contribution in [0, 0.1) is 29.3 Å². The average Bonchev–Trinajstić information content (AvgIpc) is 2.67. The van der Waals surface area contributed by atoms with Crippen LogP contribution in [-0.4, -0.2) is 18.8 Å². The minimum atomic E-state index is -3.07. The van der Waals surface area contributed by atoms with Crippen molar-refractivity contribution < 1.29 is 30.7 Å². The van der Waals surface area contributed by atoms with Gasteiger partial charge in [0.05, 0.1) is 0 Å². The highest BCUT2D eigenvalue weighted by Gasteiger charge is 2.40. The number of benzene rings is 1. The molecule has 0 spiro atoms. The van der Waals surface area contributed by atoms with Crippen LogP contribution in [0.4, 0.5) is 30.7 Å². The second-order valence-electron chi connectivity index (χ2n) is 8.10. The molecule has 2 saturated carbocycles. The molecule has 0 saturated heterocycles. The van der Waals surface area contributed by atoms with Gasteiger partial charge in [0.2, 0.25) is 0 Å². The molecule has 0 aliphatic heterocycles. The normalized spacial score (nSPS) is 28.4. The Labute approximate surface area is 161 Å². The van der Waals surface area contributed by atoms with E-state index in [4.69, 9.17) is 0 Å². The van der Waals surface area contributed by atoms with Gasteiger partial charge in [-0.1, -0.05) is 19.8 Å². The molecular weight excluding hydrogens is 385 g/mol. The summed E-state index contributed by atoms with van der Waals surface area (Å²) in [5, 5.41) is 0. The van der Waals surface area contributed by atoms with Crippen LogP contribution in [0.15, 0.2) is 12.1 Å². The first-order valence-electron chi connectivity index (χ1n) is 9.86. The smallest absolute Gasteiger partial charge is 0.247 e. The quantitative estimate of drug-likeness (QED) is 0.356. The third-order valence-corrected chi connectivity index (χ3v) is 5.93. The van der Waals surface area contributed by atoms with E-state index in [1.165, 1.54) is 0 Å².